The Bertz CT molecular complexity index is 454. The second-order valence-corrected chi connectivity index (χ2v) is 5.09. The lowest BCUT2D eigenvalue weighted by Crippen LogP contribution is -2.38. The normalized spacial score (nSPS) is 20.6. The van der Waals surface area contributed by atoms with Crippen LogP contribution in [0.5, 0.6) is 0 Å². The van der Waals surface area contributed by atoms with Crippen LogP contribution in [0.25, 0.3) is 0 Å². The zero-order valence-electron chi connectivity index (χ0n) is 9.88. The van der Waals surface area contributed by atoms with E-state index in [2.05, 4.69) is 10.3 Å². The Balaban J connectivity index is 1.95. The van der Waals surface area contributed by atoms with Crippen LogP contribution in [-0.4, -0.2) is 41.2 Å². The van der Waals surface area contributed by atoms with E-state index >= 15 is 0 Å². The second kappa shape index (κ2) is 5.45. The molecule has 0 radical (unpaired) electrons. The van der Waals surface area contributed by atoms with E-state index in [0.717, 1.165) is 24.4 Å². The summed E-state index contributed by atoms with van der Waals surface area (Å²) in [6.07, 6.45) is 0.930. The molecule has 1 aliphatic rings. The van der Waals surface area contributed by atoms with Gasteiger partial charge >= 0.3 is 5.97 Å². The number of hydrogen-bond donors (Lipinski definition) is 2. The van der Waals surface area contributed by atoms with E-state index in [1.54, 1.807) is 0 Å². The van der Waals surface area contributed by atoms with Gasteiger partial charge in [0.25, 0.3) is 5.91 Å². The zero-order valence-corrected chi connectivity index (χ0v) is 10.7. The SMILES string of the molecule is CC(NC(=O)c1nc(C(=O)O)cs1)C1CCOC1. The van der Waals surface area contributed by atoms with Crippen LogP contribution >= 0.6 is 11.3 Å². The molecule has 18 heavy (non-hydrogen) atoms. The fraction of sp³-hybridized carbons (Fsp3) is 0.545. The first kappa shape index (κ1) is 13.0. The number of amides is 1. The van der Waals surface area contributed by atoms with Gasteiger partial charge in [-0.15, -0.1) is 11.3 Å². The molecule has 0 aliphatic carbocycles. The summed E-state index contributed by atoms with van der Waals surface area (Å²) in [5.74, 6) is -1.14. The summed E-state index contributed by atoms with van der Waals surface area (Å²) in [6.45, 7) is 3.30. The number of carbonyl (C=O) groups excluding carboxylic acids is 1. The van der Waals surface area contributed by atoms with Crippen LogP contribution in [-0.2, 0) is 4.74 Å². The Kier molecular flexibility index (Phi) is 3.93. The van der Waals surface area contributed by atoms with Crippen LogP contribution in [0, 0.1) is 5.92 Å². The number of aromatic carboxylic acids is 1. The molecule has 2 heterocycles. The fourth-order valence-corrected chi connectivity index (χ4v) is 2.50. The molecule has 6 nitrogen and oxygen atoms in total. The van der Waals surface area contributed by atoms with Crippen molar-refractivity contribution in [1.82, 2.24) is 10.3 Å². The van der Waals surface area contributed by atoms with Crippen molar-refractivity contribution in [1.29, 1.82) is 0 Å². The number of carbonyl (C=O) groups is 2. The van der Waals surface area contributed by atoms with Crippen molar-refractivity contribution >= 4 is 23.2 Å². The van der Waals surface area contributed by atoms with Gasteiger partial charge in [0.15, 0.2) is 10.7 Å². The fourth-order valence-electron chi connectivity index (χ4n) is 1.81. The van der Waals surface area contributed by atoms with Crippen molar-refractivity contribution in [3.05, 3.63) is 16.1 Å². The molecule has 2 atom stereocenters. The summed E-state index contributed by atoms with van der Waals surface area (Å²) in [5.41, 5.74) is -0.0954. The standard InChI is InChI=1S/C11H14N2O4S/c1-6(7-2-3-17-4-7)12-9(14)10-13-8(5-18-10)11(15)16/h5-7H,2-4H2,1H3,(H,12,14)(H,15,16). The molecule has 0 saturated carbocycles. The van der Waals surface area contributed by atoms with Crippen LogP contribution < -0.4 is 5.32 Å². The third kappa shape index (κ3) is 2.85. The van der Waals surface area contributed by atoms with Crippen molar-refractivity contribution in [3.8, 4) is 0 Å². The minimum Gasteiger partial charge on any atom is -0.476 e. The molecular formula is C11H14N2O4S. The number of rotatable bonds is 4. The summed E-state index contributed by atoms with van der Waals surface area (Å²) in [5, 5.41) is 13.1. The van der Waals surface area contributed by atoms with Crippen molar-refractivity contribution in [3.63, 3.8) is 0 Å². The lowest BCUT2D eigenvalue weighted by molar-refractivity contribution is 0.0691. The summed E-state index contributed by atoms with van der Waals surface area (Å²) < 4.78 is 5.26. The van der Waals surface area contributed by atoms with Gasteiger partial charge in [-0.1, -0.05) is 0 Å². The molecule has 2 N–H and O–H groups in total. The Morgan fingerprint density at radius 1 is 1.67 bits per heavy atom. The number of nitrogens with zero attached hydrogens (tertiary/aromatic N) is 1. The largest absolute Gasteiger partial charge is 0.476 e. The number of carboxylic acid groups (broad SMARTS) is 1. The third-order valence-electron chi connectivity index (χ3n) is 2.95. The Hall–Kier alpha value is -1.47. The number of aromatic nitrogens is 1. The Morgan fingerprint density at radius 3 is 3.00 bits per heavy atom. The maximum Gasteiger partial charge on any atom is 0.355 e. The van der Waals surface area contributed by atoms with Crippen LogP contribution in [0.1, 0.15) is 33.6 Å². The van der Waals surface area contributed by atoms with E-state index < -0.39 is 5.97 Å². The highest BCUT2D eigenvalue weighted by molar-refractivity contribution is 7.11. The van der Waals surface area contributed by atoms with Gasteiger partial charge in [-0.2, -0.15) is 0 Å². The summed E-state index contributed by atoms with van der Waals surface area (Å²) >= 11 is 1.04. The topological polar surface area (TPSA) is 88.5 Å². The lowest BCUT2D eigenvalue weighted by atomic mass is 10.0. The molecule has 1 aromatic rings. The van der Waals surface area contributed by atoms with E-state index in [9.17, 15) is 9.59 Å². The van der Waals surface area contributed by atoms with Gasteiger partial charge in [0.1, 0.15) is 0 Å². The van der Waals surface area contributed by atoms with Crippen LogP contribution in [0.3, 0.4) is 0 Å². The summed E-state index contributed by atoms with van der Waals surface area (Å²) in [6, 6.07) is -0.00261. The Labute approximate surface area is 108 Å². The maximum absolute atomic E-state index is 11.9. The predicted molar refractivity (Wildman–Crippen MR) is 64.9 cm³/mol. The number of nitrogens with one attached hydrogen (secondary N) is 1. The number of thiazole rings is 1. The van der Waals surface area contributed by atoms with E-state index in [1.807, 2.05) is 6.92 Å². The van der Waals surface area contributed by atoms with Crippen molar-refractivity contribution in [2.75, 3.05) is 13.2 Å². The average molecular weight is 270 g/mol. The number of carboxylic acids is 1. The molecule has 1 aromatic heterocycles. The molecule has 7 heteroatoms. The highest BCUT2D eigenvalue weighted by atomic mass is 32.1. The molecule has 1 amide bonds. The smallest absolute Gasteiger partial charge is 0.355 e. The second-order valence-electron chi connectivity index (χ2n) is 4.23. The highest BCUT2D eigenvalue weighted by Gasteiger charge is 2.25. The molecular weight excluding hydrogens is 256 g/mol. The van der Waals surface area contributed by atoms with Gasteiger partial charge in [-0.25, -0.2) is 9.78 Å². The molecule has 1 saturated heterocycles. The predicted octanol–water partition coefficient (Wildman–Crippen LogP) is 0.996. The van der Waals surface area contributed by atoms with E-state index in [0.29, 0.717) is 12.5 Å². The molecule has 0 bridgehead atoms. The molecule has 0 aromatic carbocycles. The van der Waals surface area contributed by atoms with Gasteiger partial charge in [-0.05, 0) is 13.3 Å². The molecule has 1 fully saturated rings. The van der Waals surface area contributed by atoms with Gasteiger partial charge in [0.05, 0.1) is 6.61 Å². The first-order chi connectivity index (χ1) is 8.58. The molecule has 2 rings (SSSR count). The third-order valence-corrected chi connectivity index (χ3v) is 3.79. The number of hydrogen-bond acceptors (Lipinski definition) is 5. The first-order valence-electron chi connectivity index (χ1n) is 5.65. The van der Waals surface area contributed by atoms with Crippen LogP contribution in [0.2, 0.25) is 0 Å². The van der Waals surface area contributed by atoms with Crippen molar-refractivity contribution in [2.24, 2.45) is 5.92 Å². The van der Waals surface area contributed by atoms with Gasteiger partial charge in [0.2, 0.25) is 0 Å². The van der Waals surface area contributed by atoms with Gasteiger partial charge < -0.3 is 15.2 Å². The van der Waals surface area contributed by atoms with E-state index in [4.69, 9.17) is 9.84 Å². The summed E-state index contributed by atoms with van der Waals surface area (Å²) in [7, 11) is 0. The maximum atomic E-state index is 11.9. The molecule has 98 valence electrons. The van der Waals surface area contributed by atoms with E-state index in [1.165, 1.54) is 5.38 Å². The van der Waals surface area contributed by atoms with E-state index in [-0.39, 0.29) is 22.7 Å². The summed E-state index contributed by atoms with van der Waals surface area (Å²) in [4.78, 5) is 26.3. The molecule has 1 aliphatic heterocycles. The monoisotopic (exact) mass is 270 g/mol. The molecule has 2 unspecified atom stereocenters. The Morgan fingerprint density at radius 2 is 2.44 bits per heavy atom. The minimum atomic E-state index is -1.12. The first-order valence-corrected chi connectivity index (χ1v) is 6.53. The quantitative estimate of drug-likeness (QED) is 0.852. The van der Waals surface area contributed by atoms with Crippen molar-refractivity contribution < 1.29 is 19.4 Å². The van der Waals surface area contributed by atoms with Crippen molar-refractivity contribution in [2.45, 2.75) is 19.4 Å². The number of ether oxygens (including phenoxy) is 1. The van der Waals surface area contributed by atoms with Crippen LogP contribution in [0.15, 0.2) is 5.38 Å². The highest BCUT2D eigenvalue weighted by Crippen LogP contribution is 2.17. The zero-order chi connectivity index (χ0) is 13.1. The minimum absolute atomic E-state index is 0.00261. The lowest BCUT2D eigenvalue weighted by Gasteiger charge is -2.18. The average Bonchev–Trinajstić information content (AvgIpc) is 3.00. The molecule has 0 spiro atoms. The van der Waals surface area contributed by atoms with Gasteiger partial charge in [0, 0.05) is 23.9 Å². The van der Waals surface area contributed by atoms with Crippen LogP contribution in [0.4, 0.5) is 0 Å². The van der Waals surface area contributed by atoms with Gasteiger partial charge in [-0.3, -0.25) is 4.79 Å².